The van der Waals surface area contributed by atoms with Crippen LogP contribution in [0.5, 0.6) is 0 Å². The molecule has 3 heterocycles. The summed E-state index contributed by atoms with van der Waals surface area (Å²) in [6.07, 6.45) is 1.82. The normalized spacial score (nSPS) is 10.9. The molecule has 0 saturated carbocycles. The zero-order valence-corrected chi connectivity index (χ0v) is 12.8. The first-order valence-corrected chi connectivity index (χ1v) is 7.19. The van der Waals surface area contributed by atoms with Crippen LogP contribution >= 0.6 is 0 Å². The lowest BCUT2D eigenvalue weighted by Crippen LogP contribution is -2.27. The molecule has 3 rings (SSSR count). The van der Waals surface area contributed by atoms with Gasteiger partial charge < -0.3 is 10.3 Å². The molecular formula is C15H16N6O2. The Bertz CT molecular complexity index is 927. The van der Waals surface area contributed by atoms with Gasteiger partial charge in [-0.1, -0.05) is 0 Å². The molecule has 0 spiro atoms. The Kier molecular flexibility index (Phi) is 3.88. The lowest BCUT2D eigenvalue weighted by Gasteiger charge is -2.06. The van der Waals surface area contributed by atoms with Crippen molar-refractivity contribution in [2.24, 2.45) is 0 Å². The van der Waals surface area contributed by atoms with Crippen molar-refractivity contribution >= 4 is 11.6 Å². The summed E-state index contributed by atoms with van der Waals surface area (Å²) in [7, 11) is 0. The number of carbonyl (C=O) groups excluding carboxylic acids is 1. The molecule has 118 valence electrons. The van der Waals surface area contributed by atoms with Crippen molar-refractivity contribution < 1.29 is 4.79 Å². The van der Waals surface area contributed by atoms with Crippen molar-refractivity contribution in [2.45, 2.75) is 20.3 Å². The second-order valence-corrected chi connectivity index (χ2v) is 5.25. The fourth-order valence-corrected chi connectivity index (χ4v) is 2.30. The third kappa shape index (κ3) is 3.25. The molecule has 0 aliphatic carbocycles. The number of aromatic amines is 1. The van der Waals surface area contributed by atoms with E-state index in [1.165, 1.54) is 12.4 Å². The van der Waals surface area contributed by atoms with E-state index in [-0.39, 0.29) is 11.5 Å². The second-order valence-electron chi connectivity index (χ2n) is 5.25. The number of aromatic nitrogens is 5. The van der Waals surface area contributed by atoms with Crippen LogP contribution in [0.1, 0.15) is 27.6 Å². The van der Waals surface area contributed by atoms with Crippen LogP contribution in [-0.2, 0) is 6.42 Å². The molecule has 0 fully saturated rings. The van der Waals surface area contributed by atoms with Crippen LogP contribution in [-0.4, -0.2) is 37.0 Å². The van der Waals surface area contributed by atoms with E-state index in [4.69, 9.17) is 0 Å². The van der Waals surface area contributed by atoms with Crippen LogP contribution in [0.2, 0.25) is 0 Å². The number of amides is 1. The highest BCUT2D eigenvalue weighted by Gasteiger charge is 2.11. The Labute approximate surface area is 131 Å². The maximum Gasteiger partial charge on any atom is 0.270 e. The standard InChI is InChI=1S/C15H16N6O2/c1-9-5-13-19-12(6-10(2)21(13)20-9)15(23)16-4-3-11-7-14(22)18-8-17-11/h5-8H,3-4H2,1-2H3,(H,16,23)(H,17,18,22). The van der Waals surface area contributed by atoms with E-state index in [0.29, 0.717) is 30.0 Å². The largest absolute Gasteiger partial charge is 0.350 e. The average Bonchev–Trinajstić information content (AvgIpc) is 2.88. The van der Waals surface area contributed by atoms with Crippen molar-refractivity contribution in [3.05, 3.63) is 57.7 Å². The molecule has 8 heteroatoms. The average molecular weight is 312 g/mol. The molecule has 0 radical (unpaired) electrons. The van der Waals surface area contributed by atoms with Crippen LogP contribution in [0.3, 0.4) is 0 Å². The molecular weight excluding hydrogens is 296 g/mol. The molecule has 3 aromatic rings. The van der Waals surface area contributed by atoms with E-state index in [9.17, 15) is 9.59 Å². The highest BCUT2D eigenvalue weighted by molar-refractivity contribution is 5.92. The molecule has 0 unspecified atom stereocenters. The SMILES string of the molecule is Cc1cc2nc(C(=O)NCCc3cc(=O)[nH]cn3)cc(C)n2n1. The Hall–Kier alpha value is -3.03. The summed E-state index contributed by atoms with van der Waals surface area (Å²) in [5.41, 5.74) is 3.08. The topological polar surface area (TPSA) is 105 Å². The van der Waals surface area contributed by atoms with Gasteiger partial charge in [-0.05, 0) is 19.9 Å². The van der Waals surface area contributed by atoms with Gasteiger partial charge in [-0.3, -0.25) is 9.59 Å². The quantitative estimate of drug-likeness (QED) is 0.725. The first-order valence-electron chi connectivity index (χ1n) is 7.19. The van der Waals surface area contributed by atoms with E-state index >= 15 is 0 Å². The molecule has 23 heavy (non-hydrogen) atoms. The molecule has 3 aromatic heterocycles. The van der Waals surface area contributed by atoms with Gasteiger partial charge >= 0.3 is 0 Å². The minimum absolute atomic E-state index is 0.208. The van der Waals surface area contributed by atoms with Gasteiger partial charge in [0.2, 0.25) is 0 Å². The molecule has 0 aliphatic heterocycles. The van der Waals surface area contributed by atoms with Gasteiger partial charge in [0.1, 0.15) is 5.69 Å². The van der Waals surface area contributed by atoms with E-state index in [0.717, 1.165) is 11.4 Å². The monoisotopic (exact) mass is 312 g/mol. The van der Waals surface area contributed by atoms with Crippen LogP contribution in [0.4, 0.5) is 0 Å². The predicted octanol–water partition coefficient (Wildman–Crippen LogP) is 0.402. The first-order chi connectivity index (χ1) is 11.0. The fraction of sp³-hybridized carbons (Fsp3) is 0.267. The van der Waals surface area contributed by atoms with Crippen molar-refractivity contribution in [2.75, 3.05) is 6.54 Å². The van der Waals surface area contributed by atoms with Gasteiger partial charge in [-0.15, -0.1) is 0 Å². The summed E-state index contributed by atoms with van der Waals surface area (Å²) in [4.78, 5) is 34.2. The van der Waals surface area contributed by atoms with Crippen molar-refractivity contribution in [1.82, 2.24) is 29.9 Å². The minimum atomic E-state index is -0.265. The van der Waals surface area contributed by atoms with Gasteiger partial charge in [0.25, 0.3) is 11.5 Å². The van der Waals surface area contributed by atoms with Crippen LogP contribution in [0.15, 0.2) is 29.3 Å². The van der Waals surface area contributed by atoms with E-state index < -0.39 is 0 Å². The minimum Gasteiger partial charge on any atom is -0.350 e. The number of carbonyl (C=O) groups is 1. The molecule has 2 N–H and O–H groups in total. The number of hydrogen-bond acceptors (Lipinski definition) is 5. The highest BCUT2D eigenvalue weighted by Crippen LogP contribution is 2.08. The summed E-state index contributed by atoms with van der Waals surface area (Å²) in [6.45, 7) is 4.12. The van der Waals surface area contributed by atoms with E-state index in [2.05, 4.69) is 25.4 Å². The molecule has 8 nitrogen and oxygen atoms in total. The van der Waals surface area contributed by atoms with Gasteiger partial charge in [-0.2, -0.15) is 5.10 Å². The summed E-state index contributed by atoms with van der Waals surface area (Å²) < 4.78 is 1.70. The molecule has 0 aliphatic rings. The van der Waals surface area contributed by atoms with Crippen LogP contribution < -0.4 is 10.9 Å². The summed E-state index contributed by atoms with van der Waals surface area (Å²) in [5, 5.41) is 7.09. The third-order valence-corrected chi connectivity index (χ3v) is 3.36. The molecule has 0 bridgehead atoms. The Morgan fingerprint density at radius 3 is 2.91 bits per heavy atom. The highest BCUT2D eigenvalue weighted by atomic mass is 16.2. The number of fused-ring (bicyclic) bond motifs is 1. The Balaban J connectivity index is 1.69. The third-order valence-electron chi connectivity index (χ3n) is 3.36. The zero-order valence-electron chi connectivity index (χ0n) is 12.8. The van der Waals surface area contributed by atoms with E-state index in [1.54, 1.807) is 10.6 Å². The first kappa shape index (κ1) is 14.9. The zero-order chi connectivity index (χ0) is 16.4. The molecule has 0 atom stereocenters. The van der Waals surface area contributed by atoms with Gasteiger partial charge in [0.05, 0.1) is 12.0 Å². The van der Waals surface area contributed by atoms with E-state index in [1.807, 2.05) is 19.9 Å². The van der Waals surface area contributed by atoms with Gasteiger partial charge in [0.15, 0.2) is 5.65 Å². The Morgan fingerprint density at radius 1 is 1.30 bits per heavy atom. The maximum absolute atomic E-state index is 12.2. The smallest absolute Gasteiger partial charge is 0.270 e. The summed E-state index contributed by atoms with van der Waals surface area (Å²) >= 11 is 0. The lowest BCUT2D eigenvalue weighted by molar-refractivity contribution is 0.0949. The maximum atomic E-state index is 12.2. The Morgan fingerprint density at radius 2 is 2.13 bits per heavy atom. The number of aryl methyl sites for hydroxylation is 2. The van der Waals surface area contributed by atoms with Gasteiger partial charge in [0, 0.05) is 36.5 Å². The van der Waals surface area contributed by atoms with Crippen molar-refractivity contribution in [3.8, 4) is 0 Å². The van der Waals surface area contributed by atoms with Gasteiger partial charge in [-0.25, -0.2) is 14.5 Å². The van der Waals surface area contributed by atoms with Crippen molar-refractivity contribution in [1.29, 1.82) is 0 Å². The number of H-pyrrole nitrogens is 1. The number of nitrogens with one attached hydrogen (secondary N) is 2. The molecule has 0 saturated heterocycles. The van der Waals surface area contributed by atoms with Crippen LogP contribution in [0.25, 0.3) is 5.65 Å². The lowest BCUT2D eigenvalue weighted by atomic mass is 10.2. The number of hydrogen-bond donors (Lipinski definition) is 2. The van der Waals surface area contributed by atoms with Crippen LogP contribution in [0, 0.1) is 13.8 Å². The summed E-state index contributed by atoms with van der Waals surface area (Å²) in [6, 6.07) is 4.93. The predicted molar refractivity (Wildman–Crippen MR) is 83.4 cm³/mol. The number of nitrogens with zero attached hydrogens (tertiary/aromatic N) is 4. The second kappa shape index (κ2) is 5.99. The summed E-state index contributed by atoms with van der Waals surface area (Å²) in [5.74, 6) is -0.265. The molecule has 1 amide bonds. The van der Waals surface area contributed by atoms with Crippen molar-refractivity contribution in [3.63, 3.8) is 0 Å². The number of rotatable bonds is 4. The molecule has 0 aromatic carbocycles. The fourth-order valence-electron chi connectivity index (χ4n) is 2.30.